The van der Waals surface area contributed by atoms with E-state index < -0.39 is 0 Å². The third-order valence-electron chi connectivity index (χ3n) is 5.44. The minimum Gasteiger partial charge on any atom is -0.497 e. The van der Waals surface area contributed by atoms with E-state index in [0.29, 0.717) is 0 Å². The number of fused-ring (bicyclic) bond motifs is 1. The van der Waals surface area contributed by atoms with Gasteiger partial charge in [-0.15, -0.1) is 0 Å². The maximum atomic E-state index is 12.9. The molecular weight excluding hydrogens is 312 g/mol. The second-order valence-electron chi connectivity index (χ2n) is 6.86. The number of carbonyl (C=O) groups is 1. The van der Waals surface area contributed by atoms with E-state index >= 15 is 0 Å². The Hall–Kier alpha value is -2.49. The van der Waals surface area contributed by atoms with Crippen LogP contribution in [0.15, 0.2) is 48.5 Å². The normalized spacial score (nSPS) is 21.9. The smallest absolute Gasteiger partial charge is 0.318 e. The molecule has 0 radical (unpaired) electrons. The summed E-state index contributed by atoms with van der Waals surface area (Å²) in [6, 6.07) is 16.9. The van der Waals surface area contributed by atoms with Crippen molar-refractivity contribution in [3.05, 3.63) is 65.2 Å². The molecule has 1 saturated heterocycles. The first kappa shape index (κ1) is 16.0. The first-order valence-corrected chi connectivity index (χ1v) is 9.05. The maximum Gasteiger partial charge on any atom is 0.318 e. The van der Waals surface area contributed by atoms with Gasteiger partial charge in [-0.3, -0.25) is 0 Å². The van der Waals surface area contributed by atoms with Gasteiger partial charge in [-0.1, -0.05) is 36.4 Å². The number of urea groups is 1. The van der Waals surface area contributed by atoms with E-state index in [4.69, 9.17) is 4.74 Å². The van der Waals surface area contributed by atoms with E-state index in [9.17, 15) is 4.79 Å². The van der Waals surface area contributed by atoms with Gasteiger partial charge in [0, 0.05) is 6.54 Å². The summed E-state index contributed by atoms with van der Waals surface area (Å²) in [6.07, 6.45) is 4.10. The van der Waals surface area contributed by atoms with Gasteiger partial charge in [-0.05, 0) is 54.5 Å². The fourth-order valence-electron chi connectivity index (χ4n) is 4.12. The molecule has 2 aromatic carbocycles. The number of aryl methyl sites for hydroxylation is 1. The zero-order valence-electron chi connectivity index (χ0n) is 14.6. The summed E-state index contributed by atoms with van der Waals surface area (Å²) in [4.78, 5) is 14.9. The van der Waals surface area contributed by atoms with Gasteiger partial charge in [-0.25, -0.2) is 4.79 Å². The molecule has 0 bridgehead atoms. The third-order valence-corrected chi connectivity index (χ3v) is 5.44. The van der Waals surface area contributed by atoms with Crippen molar-refractivity contribution in [2.45, 2.75) is 37.8 Å². The lowest BCUT2D eigenvalue weighted by Gasteiger charge is -2.27. The lowest BCUT2D eigenvalue weighted by atomic mass is 10.0. The predicted molar refractivity (Wildman–Crippen MR) is 97.7 cm³/mol. The number of hydrogen-bond acceptors (Lipinski definition) is 2. The van der Waals surface area contributed by atoms with Gasteiger partial charge in [0.25, 0.3) is 0 Å². The molecular formula is C21H24N2O2. The summed E-state index contributed by atoms with van der Waals surface area (Å²) >= 11 is 0. The maximum absolute atomic E-state index is 12.9. The zero-order chi connectivity index (χ0) is 17.2. The van der Waals surface area contributed by atoms with Crippen LogP contribution in [0.5, 0.6) is 5.75 Å². The largest absolute Gasteiger partial charge is 0.497 e. The Balaban J connectivity index is 1.47. The standard InChI is InChI=1S/C21H24N2O2/c1-25-17-11-8-16(9-12-17)20-7-4-14-23(20)21(24)22-19-13-10-15-5-2-3-6-18(15)19/h2-3,5-6,8-9,11-12,19-20H,4,7,10,13-14H2,1H3,(H,22,24). The van der Waals surface area contributed by atoms with E-state index in [1.165, 1.54) is 16.7 Å². The Kier molecular flexibility index (Phi) is 4.35. The molecule has 0 saturated carbocycles. The molecule has 1 N–H and O–H groups in total. The predicted octanol–water partition coefficient (Wildman–Crippen LogP) is 4.23. The highest BCUT2D eigenvalue weighted by atomic mass is 16.5. The summed E-state index contributed by atoms with van der Waals surface area (Å²) in [7, 11) is 1.67. The van der Waals surface area contributed by atoms with Gasteiger partial charge in [0.15, 0.2) is 0 Å². The molecule has 4 nitrogen and oxygen atoms in total. The average molecular weight is 336 g/mol. The molecule has 2 aromatic rings. The van der Waals surface area contributed by atoms with Crippen molar-refractivity contribution in [3.8, 4) is 5.75 Å². The van der Waals surface area contributed by atoms with Crippen LogP contribution in [0, 0.1) is 0 Å². The summed E-state index contributed by atoms with van der Waals surface area (Å²) in [5.41, 5.74) is 3.82. The Labute approximate surface area is 148 Å². The number of nitrogens with zero attached hydrogens (tertiary/aromatic N) is 1. The van der Waals surface area contributed by atoms with Gasteiger partial charge in [0.1, 0.15) is 5.75 Å². The molecule has 1 aliphatic heterocycles. The minimum atomic E-state index is 0.0556. The van der Waals surface area contributed by atoms with Gasteiger partial charge in [-0.2, -0.15) is 0 Å². The van der Waals surface area contributed by atoms with Crippen LogP contribution >= 0.6 is 0 Å². The van der Waals surface area contributed by atoms with Crippen LogP contribution in [-0.4, -0.2) is 24.6 Å². The highest BCUT2D eigenvalue weighted by molar-refractivity contribution is 5.76. The van der Waals surface area contributed by atoms with Gasteiger partial charge in [0.2, 0.25) is 0 Å². The molecule has 1 heterocycles. The average Bonchev–Trinajstić information content (AvgIpc) is 3.29. The second-order valence-corrected chi connectivity index (χ2v) is 6.86. The number of nitrogens with one attached hydrogen (secondary N) is 1. The summed E-state index contributed by atoms with van der Waals surface area (Å²) in [5.74, 6) is 0.848. The summed E-state index contributed by atoms with van der Waals surface area (Å²) in [5, 5.41) is 3.26. The third kappa shape index (κ3) is 3.09. The number of rotatable bonds is 3. The SMILES string of the molecule is COc1ccc(C2CCCN2C(=O)NC2CCc3ccccc32)cc1. The van der Waals surface area contributed by atoms with Crippen LogP contribution < -0.4 is 10.1 Å². The number of amides is 2. The van der Waals surface area contributed by atoms with Crippen molar-refractivity contribution >= 4 is 6.03 Å². The molecule has 4 heteroatoms. The lowest BCUT2D eigenvalue weighted by molar-refractivity contribution is 0.189. The number of benzene rings is 2. The fourth-order valence-corrected chi connectivity index (χ4v) is 4.12. The zero-order valence-corrected chi connectivity index (χ0v) is 14.6. The highest BCUT2D eigenvalue weighted by Crippen LogP contribution is 2.35. The number of likely N-dealkylation sites (tertiary alicyclic amines) is 1. The van der Waals surface area contributed by atoms with Gasteiger partial charge in [0.05, 0.1) is 19.2 Å². The van der Waals surface area contributed by atoms with Crippen LogP contribution in [-0.2, 0) is 6.42 Å². The molecule has 4 rings (SSSR count). The number of carbonyl (C=O) groups excluding carboxylic acids is 1. The highest BCUT2D eigenvalue weighted by Gasteiger charge is 2.32. The number of ether oxygens (including phenoxy) is 1. The van der Waals surface area contributed by atoms with Crippen LogP contribution in [0.25, 0.3) is 0 Å². The van der Waals surface area contributed by atoms with Crippen molar-refractivity contribution in [2.24, 2.45) is 0 Å². The Morgan fingerprint density at radius 3 is 2.72 bits per heavy atom. The molecule has 2 amide bonds. The summed E-state index contributed by atoms with van der Waals surface area (Å²) in [6.45, 7) is 0.816. The van der Waals surface area contributed by atoms with Crippen molar-refractivity contribution in [1.82, 2.24) is 10.2 Å². The fraction of sp³-hybridized carbons (Fsp3) is 0.381. The van der Waals surface area contributed by atoms with E-state index in [1.807, 2.05) is 17.0 Å². The molecule has 1 aliphatic carbocycles. The van der Waals surface area contributed by atoms with Crippen LogP contribution in [0.3, 0.4) is 0 Å². The molecule has 2 unspecified atom stereocenters. The minimum absolute atomic E-state index is 0.0556. The van der Waals surface area contributed by atoms with Crippen LogP contribution in [0.4, 0.5) is 4.79 Å². The first-order valence-electron chi connectivity index (χ1n) is 9.05. The molecule has 2 aliphatic rings. The Morgan fingerprint density at radius 1 is 1.12 bits per heavy atom. The first-order chi connectivity index (χ1) is 12.3. The molecule has 130 valence electrons. The van der Waals surface area contributed by atoms with E-state index in [-0.39, 0.29) is 18.1 Å². The number of hydrogen-bond donors (Lipinski definition) is 1. The van der Waals surface area contributed by atoms with E-state index in [1.54, 1.807) is 7.11 Å². The lowest BCUT2D eigenvalue weighted by Crippen LogP contribution is -2.40. The van der Waals surface area contributed by atoms with E-state index in [2.05, 4.69) is 41.7 Å². The Bertz CT molecular complexity index is 757. The molecule has 2 atom stereocenters. The van der Waals surface area contributed by atoms with E-state index in [0.717, 1.165) is 38.0 Å². The number of methoxy groups -OCH3 is 1. The topological polar surface area (TPSA) is 41.6 Å². The molecule has 0 spiro atoms. The summed E-state index contributed by atoms with van der Waals surface area (Å²) < 4.78 is 5.24. The molecule has 0 aromatic heterocycles. The Morgan fingerprint density at radius 2 is 1.92 bits per heavy atom. The van der Waals surface area contributed by atoms with Crippen molar-refractivity contribution < 1.29 is 9.53 Å². The van der Waals surface area contributed by atoms with Gasteiger partial charge < -0.3 is 15.0 Å². The van der Waals surface area contributed by atoms with Crippen LogP contribution in [0.2, 0.25) is 0 Å². The monoisotopic (exact) mass is 336 g/mol. The van der Waals surface area contributed by atoms with Crippen molar-refractivity contribution in [3.63, 3.8) is 0 Å². The van der Waals surface area contributed by atoms with Crippen molar-refractivity contribution in [1.29, 1.82) is 0 Å². The molecule has 25 heavy (non-hydrogen) atoms. The second kappa shape index (κ2) is 6.79. The molecule has 1 fully saturated rings. The van der Waals surface area contributed by atoms with Crippen LogP contribution in [0.1, 0.15) is 48.0 Å². The van der Waals surface area contributed by atoms with Gasteiger partial charge >= 0.3 is 6.03 Å². The quantitative estimate of drug-likeness (QED) is 0.911. The van der Waals surface area contributed by atoms with Crippen molar-refractivity contribution in [2.75, 3.05) is 13.7 Å².